The van der Waals surface area contributed by atoms with Crippen LogP contribution in [0.3, 0.4) is 0 Å². The van der Waals surface area contributed by atoms with Crippen molar-refractivity contribution in [1.29, 1.82) is 0 Å². The van der Waals surface area contributed by atoms with Crippen LogP contribution in [0.15, 0.2) is 47.5 Å². The second-order valence-corrected chi connectivity index (χ2v) is 5.58. The number of hydrogen-bond acceptors (Lipinski definition) is 3. The molecule has 0 bridgehead atoms. The molecule has 0 radical (unpaired) electrons. The van der Waals surface area contributed by atoms with Crippen molar-refractivity contribution >= 4 is 40.6 Å². The molecule has 0 atom stereocenters. The Bertz CT molecular complexity index is 719. The van der Waals surface area contributed by atoms with Crippen molar-refractivity contribution in [1.82, 2.24) is 9.88 Å². The summed E-state index contributed by atoms with van der Waals surface area (Å²) in [5.41, 5.74) is 1.75. The van der Waals surface area contributed by atoms with E-state index < -0.39 is 0 Å². The molecule has 100 valence electrons. The normalized spacial score (nSPS) is 16.8. The summed E-state index contributed by atoms with van der Waals surface area (Å²) in [6.07, 6.45) is 3.58. The van der Waals surface area contributed by atoms with Crippen molar-refractivity contribution in [2.45, 2.75) is 0 Å². The van der Waals surface area contributed by atoms with Crippen LogP contribution in [0.4, 0.5) is 4.79 Å². The Balaban J connectivity index is 1.99. The fourth-order valence-corrected chi connectivity index (χ4v) is 2.70. The van der Waals surface area contributed by atoms with Crippen molar-refractivity contribution in [3.8, 4) is 5.69 Å². The zero-order valence-corrected chi connectivity index (χ0v) is 11.7. The Hall–Kier alpha value is -1.98. The number of amides is 2. The highest BCUT2D eigenvalue weighted by Gasteiger charge is 2.25. The molecule has 2 amide bonds. The first-order valence-corrected chi connectivity index (χ1v) is 7.01. The number of nitrogens with zero attached hydrogens (tertiary/aromatic N) is 1. The predicted octanol–water partition coefficient (Wildman–Crippen LogP) is 3.45. The summed E-state index contributed by atoms with van der Waals surface area (Å²) in [5, 5.41) is 2.56. The number of imide groups is 1. The molecule has 3 rings (SSSR count). The lowest BCUT2D eigenvalue weighted by Gasteiger charge is -2.06. The zero-order chi connectivity index (χ0) is 14.1. The van der Waals surface area contributed by atoms with Gasteiger partial charge in [-0.2, -0.15) is 0 Å². The Morgan fingerprint density at radius 3 is 2.55 bits per heavy atom. The molecule has 20 heavy (non-hydrogen) atoms. The van der Waals surface area contributed by atoms with E-state index in [-0.39, 0.29) is 11.1 Å². The molecule has 0 saturated carbocycles. The van der Waals surface area contributed by atoms with Gasteiger partial charge in [0.15, 0.2) is 0 Å². The van der Waals surface area contributed by atoms with E-state index in [0.29, 0.717) is 9.93 Å². The number of hydrogen-bond donors (Lipinski definition) is 1. The minimum Gasteiger partial charge on any atom is -0.317 e. The summed E-state index contributed by atoms with van der Waals surface area (Å²) in [4.78, 5) is 23.1. The summed E-state index contributed by atoms with van der Waals surface area (Å²) in [6, 6.07) is 11.1. The van der Waals surface area contributed by atoms with E-state index in [1.807, 2.05) is 35.0 Å². The van der Waals surface area contributed by atoms with E-state index in [2.05, 4.69) is 5.32 Å². The summed E-state index contributed by atoms with van der Waals surface area (Å²) < 4.78 is 1.92. The average Bonchev–Trinajstić information content (AvgIpc) is 2.98. The molecule has 1 aromatic heterocycles. The quantitative estimate of drug-likeness (QED) is 0.865. The summed E-state index contributed by atoms with van der Waals surface area (Å²) in [6.45, 7) is 0. The van der Waals surface area contributed by atoms with Crippen molar-refractivity contribution < 1.29 is 9.59 Å². The van der Waals surface area contributed by atoms with Crippen LogP contribution in [0, 0.1) is 0 Å². The number of rotatable bonds is 2. The van der Waals surface area contributed by atoms with Gasteiger partial charge >= 0.3 is 0 Å². The van der Waals surface area contributed by atoms with Gasteiger partial charge in [0, 0.05) is 22.6 Å². The summed E-state index contributed by atoms with van der Waals surface area (Å²) in [5.74, 6) is -0.358. The summed E-state index contributed by atoms with van der Waals surface area (Å²) >= 11 is 6.78. The third-order valence-electron chi connectivity index (χ3n) is 2.81. The minimum absolute atomic E-state index is 0.342. The first kappa shape index (κ1) is 13.0. The molecule has 0 aliphatic carbocycles. The topological polar surface area (TPSA) is 51.1 Å². The van der Waals surface area contributed by atoms with Crippen LogP contribution >= 0.6 is 23.4 Å². The van der Waals surface area contributed by atoms with Gasteiger partial charge in [-0.25, -0.2) is 0 Å². The molecule has 4 nitrogen and oxygen atoms in total. The van der Waals surface area contributed by atoms with Crippen LogP contribution in [0.1, 0.15) is 5.69 Å². The first-order chi connectivity index (χ1) is 9.63. The smallest absolute Gasteiger partial charge is 0.290 e. The van der Waals surface area contributed by atoms with Gasteiger partial charge in [-0.05, 0) is 54.2 Å². The Morgan fingerprint density at radius 1 is 1.15 bits per heavy atom. The van der Waals surface area contributed by atoms with E-state index in [1.165, 1.54) is 0 Å². The lowest BCUT2D eigenvalue weighted by Crippen LogP contribution is -2.17. The van der Waals surface area contributed by atoms with Crippen LogP contribution in [-0.2, 0) is 4.79 Å². The van der Waals surface area contributed by atoms with Gasteiger partial charge in [-0.1, -0.05) is 11.6 Å². The number of aromatic nitrogens is 1. The van der Waals surface area contributed by atoms with E-state index in [4.69, 9.17) is 11.6 Å². The van der Waals surface area contributed by atoms with Crippen LogP contribution in [0.5, 0.6) is 0 Å². The van der Waals surface area contributed by atoms with Crippen LogP contribution in [-0.4, -0.2) is 15.7 Å². The lowest BCUT2D eigenvalue weighted by atomic mass is 10.3. The van der Waals surface area contributed by atoms with Crippen LogP contribution in [0.25, 0.3) is 11.8 Å². The number of thioether (sulfide) groups is 1. The zero-order valence-electron chi connectivity index (χ0n) is 10.2. The van der Waals surface area contributed by atoms with Gasteiger partial charge in [0.25, 0.3) is 11.1 Å². The first-order valence-electron chi connectivity index (χ1n) is 5.81. The highest BCUT2D eigenvalue weighted by atomic mass is 35.5. The van der Waals surface area contributed by atoms with Gasteiger partial charge in [-0.15, -0.1) is 0 Å². The maximum absolute atomic E-state index is 11.6. The number of halogens is 1. The molecule has 1 aliphatic rings. The molecule has 1 saturated heterocycles. The van der Waals surface area contributed by atoms with E-state index >= 15 is 0 Å². The Morgan fingerprint density at radius 2 is 1.90 bits per heavy atom. The second kappa shape index (κ2) is 5.19. The number of carbonyl (C=O) groups excluding carboxylic acids is 2. The maximum Gasteiger partial charge on any atom is 0.290 e. The minimum atomic E-state index is -0.358. The van der Waals surface area contributed by atoms with Crippen molar-refractivity contribution in [3.05, 3.63) is 58.2 Å². The largest absolute Gasteiger partial charge is 0.317 e. The fourth-order valence-electron chi connectivity index (χ4n) is 1.90. The van der Waals surface area contributed by atoms with Crippen LogP contribution < -0.4 is 5.32 Å². The molecule has 0 spiro atoms. The molecular weight excluding hydrogens is 296 g/mol. The maximum atomic E-state index is 11.6. The SMILES string of the molecule is O=C1NC(=O)/C(=C/c2cccn2-c2ccc(Cl)cc2)S1. The highest BCUT2D eigenvalue weighted by Crippen LogP contribution is 2.26. The van der Waals surface area contributed by atoms with Gasteiger partial charge in [0.05, 0.1) is 4.91 Å². The lowest BCUT2D eigenvalue weighted by molar-refractivity contribution is -0.115. The molecule has 6 heteroatoms. The van der Waals surface area contributed by atoms with Crippen molar-refractivity contribution in [2.75, 3.05) is 0 Å². The monoisotopic (exact) mass is 304 g/mol. The highest BCUT2D eigenvalue weighted by molar-refractivity contribution is 8.18. The summed E-state index contributed by atoms with van der Waals surface area (Å²) in [7, 11) is 0. The van der Waals surface area contributed by atoms with E-state index in [9.17, 15) is 9.59 Å². The second-order valence-electron chi connectivity index (χ2n) is 4.13. The molecule has 1 aromatic carbocycles. The average molecular weight is 305 g/mol. The predicted molar refractivity (Wildman–Crippen MR) is 79.9 cm³/mol. The fraction of sp³-hybridized carbons (Fsp3) is 0. The van der Waals surface area contributed by atoms with Crippen LogP contribution in [0.2, 0.25) is 5.02 Å². The van der Waals surface area contributed by atoms with Crippen molar-refractivity contribution in [3.63, 3.8) is 0 Å². The Kier molecular flexibility index (Phi) is 3.38. The molecule has 1 N–H and O–H groups in total. The van der Waals surface area contributed by atoms with E-state index in [1.54, 1.807) is 18.2 Å². The number of nitrogens with one attached hydrogen (secondary N) is 1. The molecule has 1 aliphatic heterocycles. The molecule has 2 aromatic rings. The van der Waals surface area contributed by atoms with Gasteiger partial charge in [0.1, 0.15) is 0 Å². The molecule has 2 heterocycles. The Labute approximate surface area is 124 Å². The number of benzene rings is 1. The van der Waals surface area contributed by atoms with Crippen molar-refractivity contribution in [2.24, 2.45) is 0 Å². The van der Waals surface area contributed by atoms with Gasteiger partial charge in [-0.3, -0.25) is 14.9 Å². The number of carbonyl (C=O) groups is 2. The third kappa shape index (κ3) is 2.50. The van der Waals surface area contributed by atoms with Gasteiger partial charge < -0.3 is 4.57 Å². The third-order valence-corrected chi connectivity index (χ3v) is 3.87. The molecular formula is C14H9ClN2O2S. The molecule has 1 fully saturated rings. The molecule has 0 unspecified atom stereocenters. The standard InChI is InChI=1S/C14H9ClN2O2S/c15-9-3-5-10(6-4-9)17-7-1-2-11(17)8-12-13(18)16-14(19)20-12/h1-8H,(H,16,18,19)/b12-8-. The van der Waals surface area contributed by atoms with Gasteiger partial charge in [0.2, 0.25) is 0 Å². The van der Waals surface area contributed by atoms with E-state index in [0.717, 1.165) is 23.1 Å².